The van der Waals surface area contributed by atoms with Gasteiger partial charge in [0.2, 0.25) is 5.91 Å². The summed E-state index contributed by atoms with van der Waals surface area (Å²) in [4.78, 5) is 38.7. The Balaban J connectivity index is 1.72. The summed E-state index contributed by atoms with van der Waals surface area (Å²) in [6, 6.07) is 15.1. The molecule has 1 unspecified atom stereocenters. The maximum Gasteiger partial charge on any atom is 0.271 e. The van der Waals surface area contributed by atoms with Crippen molar-refractivity contribution < 1.29 is 14.4 Å². The van der Waals surface area contributed by atoms with Crippen molar-refractivity contribution in [1.82, 2.24) is 4.90 Å². The molecule has 30 heavy (non-hydrogen) atoms. The van der Waals surface area contributed by atoms with Crippen LogP contribution in [0.2, 0.25) is 0 Å². The Kier molecular flexibility index (Phi) is 6.46. The number of nitrogens with two attached hydrogens (primary N) is 1. The molecule has 0 aliphatic carbocycles. The lowest BCUT2D eigenvalue weighted by atomic mass is 10.1. The fourth-order valence-electron chi connectivity index (χ4n) is 3.28. The summed E-state index contributed by atoms with van der Waals surface area (Å²) < 4.78 is 0. The molecule has 3 N–H and O–H groups in total. The SMILES string of the molecule is CCN(CC)C(=O)c1ccc(NC(=O)C2=NN(c3ccccc3)C(C(N)=O)C2)cc1. The molecule has 1 atom stereocenters. The molecule has 2 aromatic rings. The van der Waals surface area contributed by atoms with Gasteiger partial charge in [0.25, 0.3) is 11.8 Å². The lowest BCUT2D eigenvalue weighted by Crippen LogP contribution is -2.39. The maximum atomic E-state index is 12.7. The monoisotopic (exact) mass is 407 g/mol. The molecule has 0 saturated carbocycles. The molecule has 1 aliphatic rings. The third-order valence-electron chi connectivity index (χ3n) is 4.96. The van der Waals surface area contributed by atoms with E-state index in [0.29, 0.717) is 30.0 Å². The zero-order valence-corrected chi connectivity index (χ0v) is 17.0. The third-order valence-corrected chi connectivity index (χ3v) is 4.96. The molecule has 0 radical (unpaired) electrons. The highest BCUT2D eigenvalue weighted by atomic mass is 16.2. The summed E-state index contributed by atoms with van der Waals surface area (Å²) >= 11 is 0. The number of anilines is 2. The summed E-state index contributed by atoms with van der Waals surface area (Å²) in [5, 5.41) is 8.57. The summed E-state index contributed by atoms with van der Waals surface area (Å²) in [5.41, 5.74) is 7.50. The first-order valence-corrected chi connectivity index (χ1v) is 9.86. The van der Waals surface area contributed by atoms with Crippen LogP contribution in [0.4, 0.5) is 11.4 Å². The minimum Gasteiger partial charge on any atom is -0.368 e. The van der Waals surface area contributed by atoms with Crippen molar-refractivity contribution in [2.75, 3.05) is 23.4 Å². The lowest BCUT2D eigenvalue weighted by molar-refractivity contribution is -0.119. The summed E-state index contributed by atoms with van der Waals surface area (Å²) in [7, 11) is 0. The van der Waals surface area contributed by atoms with Crippen LogP contribution in [-0.2, 0) is 9.59 Å². The van der Waals surface area contributed by atoms with E-state index in [-0.39, 0.29) is 18.0 Å². The molecule has 3 amide bonds. The Morgan fingerprint density at radius 2 is 1.70 bits per heavy atom. The van der Waals surface area contributed by atoms with Crippen molar-refractivity contribution in [2.24, 2.45) is 10.8 Å². The van der Waals surface area contributed by atoms with Crippen LogP contribution >= 0.6 is 0 Å². The Bertz CT molecular complexity index is 952. The molecule has 0 aromatic heterocycles. The minimum absolute atomic E-state index is 0.0548. The topological polar surface area (TPSA) is 108 Å². The van der Waals surface area contributed by atoms with E-state index in [4.69, 9.17) is 5.73 Å². The molecule has 1 aliphatic heterocycles. The largest absolute Gasteiger partial charge is 0.368 e. The second-order valence-electron chi connectivity index (χ2n) is 6.86. The van der Waals surface area contributed by atoms with E-state index >= 15 is 0 Å². The Hall–Kier alpha value is -3.68. The number of benzene rings is 2. The number of carbonyl (C=O) groups is 3. The van der Waals surface area contributed by atoms with Crippen LogP contribution in [0.3, 0.4) is 0 Å². The van der Waals surface area contributed by atoms with E-state index < -0.39 is 17.9 Å². The normalized spacial score (nSPS) is 15.5. The maximum absolute atomic E-state index is 12.7. The number of hydrazone groups is 1. The molecule has 3 rings (SSSR count). The summed E-state index contributed by atoms with van der Waals surface area (Å²) in [6.45, 7) is 5.12. The smallest absolute Gasteiger partial charge is 0.271 e. The molecule has 0 bridgehead atoms. The van der Waals surface area contributed by atoms with Crippen LogP contribution in [0.25, 0.3) is 0 Å². The van der Waals surface area contributed by atoms with E-state index in [2.05, 4.69) is 10.4 Å². The molecule has 8 heteroatoms. The minimum atomic E-state index is -0.720. The fourth-order valence-corrected chi connectivity index (χ4v) is 3.28. The highest BCUT2D eigenvalue weighted by molar-refractivity contribution is 6.44. The first-order chi connectivity index (χ1) is 14.4. The number of hydrogen-bond acceptors (Lipinski definition) is 5. The van der Waals surface area contributed by atoms with E-state index in [1.165, 1.54) is 5.01 Å². The van der Waals surface area contributed by atoms with Gasteiger partial charge in [-0.2, -0.15) is 5.10 Å². The average molecular weight is 407 g/mol. The molecular formula is C22H25N5O3. The number of para-hydroxylation sites is 1. The van der Waals surface area contributed by atoms with Gasteiger partial charge in [-0.3, -0.25) is 19.4 Å². The number of nitrogens with one attached hydrogen (secondary N) is 1. The predicted molar refractivity (Wildman–Crippen MR) is 116 cm³/mol. The first-order valence-electron chi connectivity index (χ1n) is 9.86. The number of rotatable bonds is 7. The van der Waals surface area contributed by atoms with Gasteiger partial charge in [-0.25, -0.2) is 0 Å². The van der Waals surface area contributed by atoms with Crippen LogP contribution in [0, 0.1) is 0 Å². The van der Waals surface area contributed by atoms with E-state index in [0.717, 1.165) is 0 Å². The second-order valence-corrected chi connectivity index (χ2v) is 6.86. The lowest BCUT2D eigenvalue weighted by Gasteiger charge is -2.20. The van der Waals surface area contributed by atoms with Crippen molar-refractivity contribution >= 4 is 34.8 Å². The number of carbonyl (C=O) groups excluding carboxylic acids is 3. The quantitative estimate of drug-likeness (QED) is 0.734. The van der Waals surface area contributed by atoms with Gasteiger partial charge in [-0.05, 0) is 50.2 Å². The van der Waals surface area contributed by atoms with Gasteiger partial charge in [0.05, 0.1) is 5.69 Å². The first kappa shape index (κ1) is 21.0. The molecule has 2 aromatic carbocycles. The van der Waals surface area contributed by atoms with Crippen molar-refractivity contribution in [1.29, 1.82) is 0 Å². The van der Waals surface area contributed by atoms with Crippen molar-refractivity contribution in [3.63, 3.8) is 0 Å². The Morgan fingerprint density at radius 1 is 1.07 bits per heavy atom. The standard InChI is InChI=1S/C22H25N5O3/c1-3-26(4-2)22(30)15-10-12-16(13-11-15)24-21(29)18-14-19(20(23)28)27(25-18)17-8-6-5-7-9-17/h5-13,19H,3-4,14H2,1-2H3,(H2,23,28)(H,24,29). The van der Waals surface area contributed by atoms with Crippen molar-refractivity contribution in [3.05, 3.63) is 60.2 Å². The molecule has 156 valence electrons. The van der Waals surface area contributed by atoms with E-state index in [1.807, 2.05) is 32.0 Å². The van der Waals surface area contributed by atoms with Gasteiger partial charge in [-0.15, -0.1) is 0 Å². The van der Waals surface area contributed by atoms with E-state index in [1.54, 1.807) is 41.3 Å². The van der Waals surface area contributed by atoms with E-state index in [9.17, 15) is 14.4 Å². The second kappa shape index (κ2) is 9.21. The predicted octanol–water partition coefficient (Wildman–Crippen LogP) is 2.23. The molecule has 0 fully saturated rings. The third kappa shape index (κ3) is 4.48. The van der Waals surface area contributed by atoms with Crippen molar-refractivity contribution in [2.45, 2.75) is 26.3 Å². The molecular weight excluding hydrogens is 382 g/mol. The average Bonchev–Trinajstić information content (AvgIpc) is 3.22. The van der Waals surface area contributed by atoms with Crippen LogP contribution in [0.5, 0.6) is 0 Å². The van der Waals surface area contributed by atoms with Gasteiger partial charge < -0.3 is 16.0 Å². The molecule has 1 heterocycles. The van der Waals surface area contributed by atoms with Gasteiger partial charge in [-0.1, -0.05) is 18.2 Å². The summed E-state index contributed by atoms with van der Waals surface area (Å²) in [6.07, 6.45) is 0.120. The number of nitrogens with zero attached hydrogens (tertiary/aromatic N) is 3. The van der Waals surface area contributed by atoms with Crippen LogP contribution < -0.4 is 16.1 Å². The Labute approximate surface area is 175 Å². The van der Waals surface area contributed by atoms with Gasteiger partial charge in [0.1, 0.15) is 11.8 Å². The summed E-state index contributed by atoms with van der Waals surface area (Å²) in [5.74, 6) is -1.02. The van der Waals surface area contributed by atoms with Gasteiger partial charge >= 0.3 is 0 Å². The van der Waals surface area contributed by atoms with Crippen molar-refractivity contribution in [3.8, 4) is 0 Å². The number of primary amides is 1. The molecule has 0 spiro atoms. The zero-order valence-electron chi connectivity index (χ0n) is 17.0. The van der Waals surface area contributed by atoms with Crippen LogP contribution in [0.15, 0.2) is 59.7 Å². The fraction of sp³-hybridized carbons (Fsp3) is 0.273. The molecule has 8 nitrogen and oxygen atoms in total. The van der Waals surface area contributed by atoms with Gasteiger partial charge in [0.15, 0.2) is 0 Å². The molecule has 0 saturated heterocycles. The van der Waals surface area contributed by atoms with Crippen LogP contribution in [-0.4, -0.2) is 47.5 Å². The highest BCUT2D eigenvalue weighted by Gasteiger charge is 2.34. The zero-order chi connectivity index (χ0) is 21.7. The Morgan fingerprint density at radius 3 is 2.27 bits per heavy atom. The highest BCUT2D eigenvalue weighted by Crippen LogP contribution is 2.24. The van der Waals surface area contributed by atoms with Crippen LogP contribution in [0.1, 0.15) is 30.6 Å². The number of amides is 3. The van der Waals surface area contributed by atoms with Gasteiger partial charge in [0, 0.05) is 30.8 Å². The number of hydrogen-bond donors (Lipinski definition) is 2.